The normalized spacial score (nSPS) is 14.1. The number of amides is 1. The molecule has 0 atom stereocenters. The highest BCUT2D eigenvalue weighted by atomic mass is 16.5. The highest BCUT2D eigenvalue weighted by molar-refractivity contribution is 5.99. The first kappa shape index (κ1) is 31.2. The zero-order chi connectivity index (χ0) is 30.9. The fraction of sp³-hybridized carbons (Fsp3) is 0.516. The largest absolute Gasteiger partial charge is 0.383 e. The number of rotatable bonds is 16. The van der Waals surface area contributed by atoms with E-state index in [9.17, 15) is 14.4 Å². The number of aryl methyl sites for hydroxylation is 1. The summed E-state index contributed by atoms with van der Waals surface area (Å²) in [4.78, 5) is 56.5. The Hall–Kier alpha value is -4.23. The number of Topliss-reactive ketones (excluding diaryl/α,β-unsaturated/α-hetero) is 2. The molecule has 0 bridgehead atoms. The molecule has 4 aromatic rings. The third-order valence-electron chi connectivity index (χ3n) is 8.05. The molecule has 4 aromatic heterocycles. The molecule has 0 aromatic carbocycles. The molecule has 5 rings (SSSR count). The van der Waals surface area contributed by atoms with E-state index in [0.29, 0.717) is 68.2 Å². The predicted octanol–water partition coefficient (Wildman–Crippen LogP) is 3.00. The van der Waals surface area contributed by atoms with Crippen LogP contribution in [-0.2, 0) is 25.7 Å². The maximum atomic E-state index is 12.7. The number of ether oxygens (including phenoxy) is 1. The standard InChI is InChI=1S/C31H41N9O4/c1-22(41)9-17-44-18-16-38-12-14-39(15-13-38)26(43)7-6-25(42)5-3-2-4-11-40-31-27(29(32)35-21-36-31)28(37-40)24-19-23-8-10-33-30(23)34-20-24/h8,10,19-21H,2-7,9,11-18H2,1H3,(H,33,34)(H2,32,35,36). The van der Waals surface area contributed by atoms with Crippen molar-refractivity contribution in [3.8, 4) is 11.3 Å². The van der Waals surface area contributed by atoms with Gasteiger partial charge in [0, 0.05) is 88.3 Å². The minimum absolute atomic E-state index is 0.0455. The fourth-order valence-electron chi connectivity index (χ4n) is 5.48. The van der Waals surface area contributed by atoms with Gasteiger partial charge in [0.2, 0.25) is 5.91 Å². The van der Waals surface area contributed by atoms with E-state index in [1.54, 1.807) is 13.1 Å². The molecule has 5 heterocycles. The van der Waals surface area contributed by atoms with Crippen LogP contribution in [0.3, 0.4) is 0 Å². The van der Waals surface area contributed by atoms with E-state index in [4.69, 9.17) is 15.6 Å². The van der Waals surface area contributed by atoms with Gasteiger partial charge in [-0.25, -0.2) is 19.6 Å². The summed E-state index contributed by atoms with van der Waals surface area (Å²) >= 11 is 0. The number of aromatic nitrogens is 6. The lowest BCUT2D eigenvalue weighted by Gasteiger charge is -2.34. The maximum Gasteiger partial charge on any atom is 0.223 e. The molecule has 3 N–H and O–H groups in total. The molecular weight excluding hydrogens is 562 g/mol. The Morgan fingerprint density at radius 1 is 0.955 bits per heavy atom. The lowest BCUT2D eigenvalue weighted by molar-refractivity contribution is -0.134. The van der Waals surface area contributed by atoms with Crippen molar-refractivity contribution < 1.29 is 19.1 Å². The summed E-state index contributed by atoms with van der Waals surface area (Å²) in [6, 6.07) is 3.98. The van der Waals surface area contributed by atoms with Gasteiger partial charge in [-0.3, -0.25) is 19.3 Å². The average molecular weight is 604 g/mol. The minimum atomic E-state index is 0.0455. The van der Waals surface area contributed by atoms with E-state index in [0.717, 1.165) is 55.5 Å². The van der Waals surface area contributed by atoms with Crippen molar-refractivity contribution in [2.45, 2.75) is 58.4 Å². The van der Waals surface area contributed by atoms with Gasteiger partial charge >= 0.3 is 0 Å². The number of nitrogens with one attached hydrogen (secondary N) is 1. The molecule has 0 aliphatic carbocycles. The maximum absolute atomic E-state index is 12.7. The van der Waals surface area contributed by atoms with Gasteiger partial charge in [0.1, 0.15) is 35.1 Å². The number of nitrogens with two attached hydrogens (primary N) is 1. The van der Waals surface area contributed by atoms with Gasteiger partial charge in [0.15, 0.2) is 5.65 Å². The number of carbonyl (C=O) groups is 3. The fourth-order valence-corrected chi connectivity index (χ4v) is 5.48. The lowest BCUT2D eigenvalue weighted by atomic mass is 10.1. The topological polar surface area (TPSA) is 165 Å². The summed E-state index contributed by atoms with van der Waals surface area (Å²) in [7, 11) is 0. The number of unbranched alkanes of at least 4 members (excludes halogenated alkanes) is 2. The average Bonchev–Trinajstić information content (AvgIpc) is 3.65. The van der Waals surface area contributed by atoms with Crippen LogP contribution in [0.1, 0.15) is 51.9 Å². The summed E-state index contributed by atoms with van der Waals surface area (Å²) in [6.07, 6.45) is 8.97. The predicted molar refractivity (Wildman–Crippen MR) is 167 cm³/mol. The summed E-state index contributed by atoms with van der Waals surface area (Å²) in [5.74, 6) is 0.676. The smallest absolute Gasteiger partial charge is 0.223 e. The number of fused-ring (bicyclic) bond motifs is 2. The lowest BCUT2D eigenvalue weighted by Crippen LogP contribution is -2.49. The SMILES string of the molecule is CC(=O)CCOCCN1CCN(C(=O)CCC(=O)CCCCCn2nc(-c3cnc4[nH]ccc4c3)c3c(N)ncnc32)CC1. The molecule has 0 unspecified atom stereocenters. The van der Waals surface area contributed by atoms with E-state index in [1.807, 2.05) is 27.9 Å². The number of carbonyl (C=O) groups excluding carboxylic acids is 3. The number of hydrogen-bond donors (Lipinski definition) is 2. The van der Waals surface area contributed by atoms with Crippen molar-refractivity contribution in [3.05, 3.63) is 30.9 Å². The minimum Gasteiger partial charge on any atom is -0.383 e. The molecule has 0 saturated carbocycles. The first-order valence-corrected chi connectivity index (χ1v) is 15.4. The first-order chi connectivity index (χ1) is 21.4. The molecule has 1 fully saturated rings. The van der Waals surface area contributed by atoms with E-state index < -0.39 is 0 Å². The number of nitrogens with zero attached hydrogens (tertiary/aromatic N) is 7. The van der Waals surface area contributed by atoms with Crippen LogP contribution in [0, 0.1) is 0 Å². The summed E-state index contributed by atoms with van der Waals surface area (Å²) in [5.41, 5.74) is 9.26. The number of anilines is 1. The number of pyridine rings is 1. The molecule has 0 radical (unpaired) electrons. The van der Waals surface area contributed by atoms with Crippen LogP contribution in [0.5, 0.6) is 0 Å². The summed E-state index contributed by atoms with van der Waals surface area (Å²) in [5, 5.41) is 6.51. The molecular formula is C31H41N9O4. The monoisotopic (exact) mass is 603 g/mol. The Morgan fingerprint density at radius 2 is 1.80 bits per heavy atom. The number of H-pyrrole nitrogens is 1. The molecule has 1 amide bonds. The van der Waals surface area contributed by atoms with Crippen molar-refractivity contribution in [1.82, 2.24) is 39.5 Å². The molecule has 0 spiro atoms. The van der Waals surface area contributed by atoms with Crippen LogP contribution in [0.25, 0.3) is 33.3 Å². The van der Waals surface area contributed by atoms with Crippen molar-refractivity contribution in [2.24, 2.45) is 0 Å². The third kappa shape index (κ3) is 8.03. The summed E-state index contributed by atoms with van der Waals surface area (Å²) in [6.45, 7) is 6.95. The van der Waals surface area contributed by atoms with Crippen LogP contribution < -0.4 is 5.73 Å². The van der Waals surface area contributed by atoms with Gasteiger partial charge in [-0.1, -0.05) is 6.42 Å². The second-order valence-corrected chi connectivity index (χ2v) is 11.3. The summed E-state index contributed by atoms with van der Waals surface area (Å²) < 4.78 is 7.36. The Balaban J connectivity index is 1.01. The van der Waals surface area contributed by atoms with E-state index in [1.165, 1.54) is 6.33 Å². The number of ketones is 2. The van der Waals surface area contributed by atoms with Gasteiger partial charge in [0.05, 0.1) is 18.6 Å². The number of aromatic amines is 1. The van der Waals surface area contributed by atoms with E-state index in [2.05, 4.69) is 24.8 Å². The quantitative estimate of drug-likeness (QED) is 0.182. The molecule has 13 heteroatoms. The Kier molecular flexibility index (Phi) is 10.6. The molecule has 1 aliphatic heterocycles. The van der Waals surface area contributed by atoms with Gasteiger partial charge in [-0.05, 0) is 31.9 Å². The molecule has 13 nitrogen and oxygen atoms in total. The number of nitrogen functional groups attached to an aromatic ring is 1. The van der Waals surface area contributed by atoms with Crippen molar-refractivity contribution in [3.63, 3.8) is 0 Å². The van der Waals surface area contributed by atoms with Gasteiger partial charge in [0.25, 0.3) is 0 Å². The van der Waals surface area contributed by atoms with Gasteiger partial charge in [-0.15, -0.1) is 0 Å². The van der Waals surface area contributed by atoms with Crippen LogP contribution >= 0.6 is 0 Å². The third-order valence-corrected chi connectivity index (χ3v) is 8.05. The van der Waals surface area contributed by atoms with Crippen molar-refractivity contribution in [2.75, 3.05) is 51.7 Å². The van der Waals surface area contributed by atoms with Crippen LogP contribution in [-0.4, -0.2) is 103 Å². The second kappa shape index (κ2) is 15.0. The van der Waals surface area contributed by atoms with Crippen LogP contribution in [0.2, 0.25) is 0 Å². The second-order valence-electron chi connectivity index (χ2n) is 11.3. The van der Waals surface area contributed by atoms with Crippen LogP contribution in [0.4, 0.5) is 5.82 Å². The van der Waals surface area contributed by atoms with E-state index >= 15 is 0 Å². The highest BCUT2D eigenvalue weighted by Crippen LogP contribution is 2.31. The molecule has 44 heavy (non-hydrogen) atoms. The molecule has 1 saturated heterocycles. The van der Waals surface area contributed by atoms with Crippen molar-refractivity contribution in [1.29, 1.82) is 0 Å². The number of piperazine rings is 1. The Labute approximate surface area is 256 Å². The van der Waals surface area contributed by atoms with Crippen LogP contribution in [0.15, 0.2) is 30.9 Å². The van der Waals surface area contributed by atoms with E-state index in [-0.39, 0.29) is 30.3 Å². The van der Waals surface area contributed by atoms with Gasteiger partial charge < -0.3 is 20.4 Å². The molecule has 234 valence electrons. The molecule has 1 aliphatic rings. The zero-order valence-corrected chi connectivity index (χ0v) is 25.3. The Morgan fingerprint density at radius 3 is 2.61 bits per heavy atom. The zero-order valence-electron chi connectivity index (χ0n) is 25.3. The highest BCUT2D eigenvalue weighted by Gasteiger charge is 2.21. The Bertz CT molecular complexity index is 1590. The first-order valence-electron chi connectivity index (χ1n) is 15.4. The van der Waals surface area contributed by atoms with Crippen molar-refractivity contribution >= 4 is 45.4 Å². The van der Waals surface area contributed by atoms with Gasteiger partial charge in [-0.2, -0.15) is 5.10 Å². The number of hydrogen-bond acceptors (Lipinski definition) is 10.